The van der Waals surface area contributed by atoms with Gasteiger partial charge in [-0.25, -0.2) is 4.98 Å². The maximum absolute atomic E-state index is 12.2. The summed E-state index contributed by atoms with van der Waals surface area (Å²) in [5, 5.41) is 6.20. The number of halogens is 2. The number of piperidine rings is 1. The molecule has 2 N–H and O–H groups in total. The molecule has 0 unspecified atom stereocenters. The van der Waals surface area contributed by atoms with Gasteiger partial charge in [-0.05, 0) is 12.8 Å². The summed E-state index contributed by atoms with van der Waals surface area (Å²) in [6, 6.07) is 1.73. The van der Waals surface area contributed by atoms with Crippen molar-refractivity contribution in [1.29, 1.82) is 0 Å². The topological polar surface area (TPSA) is 88.6 Å². The number of amides is 1. The van der Waals surface area contributed by atoms with Crippen molar-refractivity contribution in [2.24, 2.45) is 5.92 Å². The average Bonchev–Trinajstić information content (AvgIpc) is 2.64. The number of nitrogens with zero attached hydrogens (tertiary/aromatic N) is 3. The molecule has 0 atom stereocenters. The normalized spacial score (nSPS) is 14.2. The molecule has 0 saturated carbocycles. The van der Waals surface area contributed by atoms with Gasteiger partial charge in [0, 0.05) is 58.0 Å². The number of carbonyl (C=O) groups is 1. The first-order valence-corrected chi connectivity index (χ1v) is 8.34. The predicted molar refractivity (Wildman–Crippen MR) is 106 cm³/mol. The molecule has 1 aromatic rings. The van der Waals surface area contributed by atoms with E-state index in [0.717, 1.165) is 39.0 Å². The highest BCUT2D eigenvalue weighted by Crippen LogP contribution is 2.21. The number of nitrogens with one attached hydrogen (secondary N) is 2. The molecule has 0 spiro atoms. The molecule has 1 fully saturated rings. The Labute approximate surface area is 167 Å². The summed E-state index contributed by atoms with van der Waals surface area (Å²) in [5.41, 5.74) is 0. The lowest BCUT2D eigenvalue weighted by Gasteiger charge is -2.31. The van der Waals surface area contributed by atoms with Crippen LogP contribution in [0.2, 0.25) is 0 Å². The molecule has 1 aliphatic heterocycles. The van der Waals surface area contributed by atoms with Crippen LogP contribution in [-0.4, -0.2) is 69.4 Å². The largest absolute Gasteiger partial charge is 0.481 e. The summed E-state index contributed by atoms with van der Waals surface area (Å²) in [5.74, 6) is 1.41. The van der Waals surface area contributed by atoms with Crippen LogP contribution in [0.4, 0.5) is 5.95 Å². The molecule has 1 aromatic heterocycles. The third-order valence-electron chi connectivity index (χ3n) is 4.06. The molecular formula is C16H29Cl2N5O3. The summed E-state index contributed by atoms with van der Waals surface area (Å²) in [4.78, 5) is 22.9. The minimum Gasteiger partial charge on any atom is -0.481 e. The number of carbonyl (C=O) groups excluding carboxylic acids is 1. The Balaban J connectivity index is 0.00000312. The molecule has 10 heteroatoms. The maximum Gasteiger partial charge on any atom is 0.228 e. The van der Waals surface area contributed by atoms with Crippen LogP contribution in [0.25, 0.3) is 0 Å². The van der Waals surface area contributed by atoms with E-state index in [9.17, 15) is 4.79 Å². The summed E-state index contributed by atoms with van der Waals surface area (Å²) in [6.45, 7) is 4.42. The highest BCUT2D eigenvalue weighted by molar-refractivity contribution is 5.85. The fourth-order valence-electron chi connectivity index (χ4n) is 2.66. The molecule has 0 bridgehead atoms. The first-order chi connectivity index (χ1) is 11.7. The number of hydrogen-bond acceptors (Lipinski definition) is 7. The Morgan fingerprint density at radius 1 is 1.23 bits per heavy atom. The molecule has 26 heavy (non-hydrogen) atoms. The van der Waals surface area contributed by atoms with E-state index in [1.54, 1.807) is 26.5 Å². The third kappa shape index (κ3) is 7.90. The summed E-state index contributed by atoms with van der Waals surface area (Å²) < 4.78 is 10.1. The number of aromatic nitrogens is 2. The highest BCUT2D eigenvalue weighted by Gasteiger charge is 2.26. The molecule has 0 radical (unpaired) electrons. The quantitative estimate of drug-likeness (QED) is 0.585. The van der Waals surface area contributed by atoms with Crippen LogP contribution in [0.5, 0.6) is 5.88 Å². The third-order valence-corrected chi connectivity index (χ3v) is 4.06. The molecule has 2 heterocycles. The zero-order valence-electron chi connectivity index (χ0n) is 15.3. The van der Waals surface area contributed by atoms with Gasteiger partial charge in [-0.2, -0.15) is 4.98 Å². The van der Waals surface area contributed by atoms with Crippen LogP contribution >= 0.6 is 24.8 Å². The number of rotatable bonds is 9. The zero-order valence-corrected chi connectivity index (χ0v) is 16.9. The summed E-state index contributed by atoms with van der Waals surface area (Å²) >= 11 is 0. The van der Waals surface area contributed by atoms with Crippen LogP contribution < -0.4 is 20.3 Å². The van der Waals surface area contributed by atoms with Crippen molar-refractivity contribution in [3.05, 3.63) is 12.3 Å². The van der Waals surface area contributed by atoms with E-state index in [1.165, 1.54) is 0 Å². The zero-order chi connectivity index (χ0) is 17.2. The van der Waals surface area contributed by atoms with Gasteiger partial charge < -0.3 is 25.0 Å². The lowest BCUT2D eigenvalue weighted by atomic mass is 9.96. The van der Waals surface area contributed by atoms with Crippen molar-refractivity contribution in [3.63, 3.8) is 0 Å². The Morgan fingerprint density at radius 2 is 1.96 bits per heavy atom. The number of anilines is 1. The van der Waals surface area contributed by atoms with Crippen LogP contribution in [-0.2, 0) is 9.53 Å². The lowest BCUT2D eigenvalue weighted by Crippen LogP contribution is -2.42. The second-order valence-electron chi connectivity index (χ2n) is 5.69. The Kier molecular flexibility index (Phi) is 13.1. The van der Waals surface area contributed by atoms with Crippen molar-refractivity contribution in [2.75, 3.05) is 58.5 Å². The standard InChI is InChI=1S/C16H27N5O3.2ClH/c1-23-12-9-17-7-8-18-15(22)13-4-10-21(11-5-13)16-19-6-3-14(20-16)24-2;;/h3,6,13,17H,4-5,7-12H2,1-2H3,(H,18,22);2*1H. The fraction of sp³-hybridized carbons (Fsp3) is 0.688. The molecule has 8 nitrogen and oxygen atoms in total. The number of ether oxygens (including phenoxy) is 2. The van der Waals surface area contributed by atoms with Gasteiger partial charge in [0.15, 0.2) is 0 Å². The Morgan fingerprint density at radius 3 is 2.62 bits per heavy atom. The molecule has 1 saturated heterocycles. The molecule has 0 aromatic carbocycles. The number of hydrogen-bond donors (Lipinski definition) is 2. The predicted octanol–water partition coefficient (Wildman–Crippen LogP) is 0.897. The van der Waals surface area contributed by atoms with E-state index >= 15 is 0 Å². The van der Waals surface area contributed by atoms with E-state index in [-0.39, 0.29) is 36.6 Å². The van der Waals surface area contributed by atoms with Crippen LogP contribution in [0.15, 0.2) is 12.3 Å². The highest BCUT2D eigenvalue weighted by atomic mass is 35.5. The van der Waals surface area contributed by atoms with Gasteiger partial charge in [0.25, 0.3) is 0 Å². The van der Waals surface area contributed by atoms with Gasteiger partial charge in [0.05, 0.1) is 13.7 Å². The fourth-order valence-corrected chi connectivity index (χ4v) is 2.66. The number of methoxy groups -OCH3 is 2. The SMILES string of the molecule is COCCNCCNC(=O)C1CCN(c2nccc(OC)n2)CC1.Cl.Cl. The van der Waals surface area contributed by atoms with E-state index in [2.05, 4.69) is 25.5 Å². The average molecular weight is 410 g/mol. The van der Waals surface area contributed by atoms with Crippen LogP contribution in [0.3, 0.4) is 0 Å². The van der Waals surface area contributed by atoms with E-state index < -0.39 is 0 Å². The van der Waals surface area contributed by atoms with Crippen molar-refractivity contribution in [1.82, 2.24) is 20.6 Å². The van der Waals surface area contributed by atoms with Gasteiger partial charge in [0.2, 0.25) is 17.7 Å². The smallest absolute Gasteiger partial charge is 0.228 e. The van der Waals surface area contributed by atoms with Crippen molar-refractivity contribution in [3.8, 4) is 5.88 Å². The second-order valence-corrected chi connectivity index (χ2v) is 5.69. The lowest BCUT2D eigenvalue weighted by molar-refractivity contribution is -0.125. The van der Waals surface area contributed by atoms with E-state index in [1.807, 2.05) is 0 Å². The van der Waals surface area contributed by atoms with Crippen LogP contribution in [0.1, 0.15) is 12.8 Å². The minimum atomic E-state index is 0. The Bertz CT molecular complexity index is 516. The molecule has 1 aliphatic rings. The van der Waals surface area contributed by atoms with Crippen LogP contribution in [0, 0.1) is 5.92 Å². The monoisotopic (exact) mass is 409 g/mol. The molecule has 0 aliphatic carbocycles. The van der Waals surface area contributed by atoms with Crippen molar-refractivity contribution >= 4 is 36.7 Å². The van der Waals surface area contributed by atoms with Gasteiger partial charge >= 0.3 is 0 Å². The molecule has 150 valence electrons. The molecule has 2 rings (SSSR count). The minimum absolute atomic E-state index is 0. The summed E-state index contributed by atoms with van der Waals surface area (Å²) in [7, 11) is 3.26. The summed E-state index contributed by atoms with van der Waals surface area (Å²) in [6.07, 6.45) is 3.31. The van der Waals surface area contributed by atoms with Gasteiger partial charge in [0.1, 0.15) is 0 Å². The van der Waals surface area contributed by atoms with Crippen molar-refractivity contribution in [2.45, 2.75) is 12.8 Å². The van der Waals surface area contributed by atoms with Gasteiger partial charge in [-0.1, -0.05) is 0 Å². The molecular weight excluding hydrogens is 381 g/mol. The first-order valence-electron chi connectivity index (χ1n) is 8.34. The van der Waals surface area contributed by atoms with E-state index in [4.69, 9.17) is 9.47 Å². The second kappa shape index (κ2) is 13.8. The van der Waals surface area contributed by atoms with Crippen molar-refractivity contribution < 1.29 is 14.3 Å². The Hall–Kier alpha value is -1.35. The first kappa shape index (κ1) is 24.7. The maximum atomic E-state index is 12.2. The van der Waals surface area contributed by atoms with Gasteiger partial charge in [-0.15, -0.1) is 24.8 Å². The molecule has 1 amide bonds. The van der Waals surface area contributed by atoms with Gasteiger partial charge in [-0.3, -0.25) is 4.79 Å². The van der Waals surface area contributed by atoms with E-state index in [0.29, 0.717) is 25.0 Å².